The molecule has 0 bridgehead atoms. The molecule has 1 atom stereocenters. The maximum Gasteiger partial charge on any atom is 0.166 e. The van der Waals surface area contributed by atoms with Gasteiger partial charge in [-0.25, -0.2) is 0 Å². The molecule has 5 heteroatoms. The summed E-state index contributed by atoms with van der Waals surface area (Å²) >= 11 is 6.03. The fourth-order valence-corrected chi connectivity index (χ4v) is 3.70. The number of carbonyl (C=O) groups is 1. The van der Waals surface area contributed by atoms with Gasteiger partial charge in [0.1, 0.15) is 0 Å². The molecule has 0 fully saturated rings. The van der Waals surface area contributed by atoms with E-state index in [1.807, 2.05) is 42.6 Å². The van der Waals surface area contributed by atoms with Gasteiger partial charge in [0.25, 0.3) is 0 Å². The van der Waals surface area contributed by atoms with Crippen molar-refractivity contribution in [2.45, 2.75) is 12.3 Å². The average molecular weight is 368 g/mol. The van der Waals surface area contributed by atoms with E-state index in [0.717, 1.165) is 16.9 Å². The Hall–Kier alpha value is -2.72. The van der Waals surface area contributed by atoms with Crippen LogP contribution in [0.5, 0.6) is 11.5 Å². The van der Waals surface area contributed by atoms with Crippen molar-refractivity contribution < 1.29 is 14.3 Å². The fourth-order valence-electron chi connectivity index (χ4n) is 3.57. The van der Waals surface area contributed by atoms with E-state index < -0.39 is 0 Å². The number of aromatic nitrogens is 1. The number of Topliss-reactive ketones (excluding diaryl/α,β-unsaturated/α-hetero) is 1. The Morgan fingerprint density at radius 1 is 1.04 bits per heavy atom. The van der Waals surface area contributed by atoms with Gasteiger partial charge in [-0.15, -0.1) is 0 Å². The van der Waals surface area contributed by atoms with Gasteiger partial charge in [0.2, 0.25) is 0 Å². The Balaban J connectivity index is 1.91. The molecule has 1 aliphatic rings. The van der Waals surface area contributed by atoms with Crippen LogP contribution in [-0.2, 0) is 0 Å². The second-order valence-corrected chi connectivity index (χ2v) is 6.70. The lowest BCUT2D eigenvalue weighted by molar-refractivity contribution is 0.0979. The Labute approximate surface area is 156 Å². The third-order valence-electron chi connectivity index (χ3n) is 4.86. The summed E-state index contributed by atoms with van der Waals surface area (Å²) in [5.41, 5.74) is 3.57. The van der Waals surface area contributed by atoms with Crippen molar-refractivity contribution in [3.63, 3.8) is 0 Å². The number of halogens is 1. The molecule has 1 aliphatic heterocycles. The highest BCUT2D eigenvalue weighted by atomic mass is 35.5. The molecule has 2 aromatic carbocycles. The Kier molecular flexibility index (Phi) is 4.21. The summed E-state index contributed by atoms with van der Waals surface area (Å²) in [6.45, 7) is 0. The first-order chi connectivity index (χ1) is 12.6. The van der Waals surface area contributed by atoms with Gasteiger partial charge in [-0.2, -0.15) is 0 Å². The summed E-state index contributed by atoms with van der Waals surface area (Å²) in [6.07, 6.45) is 2.36. The van der Waals surface area contributed by atoms with E-state index in [1.54, 1.807) is 20.3 Å². The monoisotopic (exact) mass is 367 g/mol. The zero-order valence-corrected chi connectivity index (χ0v) is 15.3. The lowest BCUT2D eigenvalue weighted by Crippen LogP contribution is -2.07. The van der Waals surface area contributed by atoms with E-state index in [1.165, 1.54) is 0 Å². The molecule has 4 nitrogen and oxygen atoms in total. The summed E-state index contributed by atoms with van der Waals surface area (Å²) in [5, 5.41) is 0.682. The highest BCUT2D eigenvalue weighted by molar-refractivity contribution is 6.30. The van der Waals surface area contributed by atoms with E-state index in [4.69, 9.17) is 21.1 Å². The minimum Gasteiger partial charge on any atom is -0.493 e. The quantitative estimate of drug-likeness (QED) is 0.663. The van der Waals surface area contributed by atoms with Crippen molar-refractivity contribution in [1.82, 2.24) is 4.57 Å². The van der Waals surface area contributed by atoms with Crippen molar-refractivity contribution in [2.24, 2.45) is 0 Å². The highest BCUT2D eigenvalue weighted by Gasteiger charge is 2.29. The van der Waals surface area contributed by atoms with Crippen LogP contribution in [0.4, 0.5) is 0 Å². The van der Waals surface area contributed by atoms with E-state index >= 15 is 0 Å². The van der Waals surface area contributed by atoms with E-state index in [2.05, 4.69) is 10.6 Å². The summed E-state index contributed by atoms with van der Waals surface area (Å²) < 4.78 is 12.9. The molecular weight excluding hydrogens is 350 g/mol. The number of carbonyl (C=O) groups excluding carboxylic acids is 1. The lowest BCUT2D eigenvalue weighted by atomic mass is 9.90. The molecule has 4 rings (SSSR count). The average Bonchev–Trinajstić information content (AvgIpc) is 3.11. The number of hydrogen-bond donors (Lipinski definition) is 0. The predicted octanol–water partition coefficient (Wildman–Crippen LogP) is 4.87. The summed E-state index contributed by atoms with van der Waals surface area (Å²) in [5.74, 6) is 1.19. The number of fused-ring (bicyclic) bond motifs is 3. The molecule has 2 heterocycles. The standard InChI is InChI=1S/C21H18ClNO3/c1-25-20-11-16-18(12-21(20)26-2)23-9-3-4-17(23)15(10-19(16)24)13-5-7-14(22)8-6-13/h3-9,11-12,15H,10H2,1-2H3/t15-/m1/s1. The van der Waals surface area contributed by atoms with Crippen LogP contribution >= 0.6 is 11.6 Å². The number of benzene rings is 2. The van der Waals surface area contributed by atoms with Gasteiger partial charge in [-0.1, -0.05) is 23.7 Å². The minimum atomic E-state index is -0.0424. The Bertz CT molecular complexity index is 975. The summed E-state index contributed by atoms with van der Waals surface area (Å²) in [7, 11) is 3.17. The summed E-state index contributed by atoms with van der Waals surface area (Å²) in [6, 6.07) is 15.4. The van der Waals surface area contributed by atoms with E-state index in [0.29, 0.717) is 28.5 Å². The van der Waals surface area contributed by atoms with Gasteiger partial charge in [0, 0.05) is 40.9 Å². The molecule has 0 unspecified atom stereocenters. The SMILES string of the molecule is COc1cc2c(cc1OC)-n1cccc1[C@@H](c1ccc(Cl)cc1)CC2=O. The van der Waals surface area contributed by atoms with Crippen LogP contribution in [0.2, 0.25) is 5.02 Å². The van der Waals surface area contributed by atoms with E-state index in [-0.39, 0.29) is 11.7 Å². The first kappa shape index (κ1) is 16.7. The van der Waals surface area contributed by atoms with Gasteiger partial charge in [-0.3, -0.25) is 4.79 Å². The summed E-state index contributed by atoms with van der Waals surface area (Å²) in [4.78, 5) is 13.1. The van der Waals surface area contributed by atoms with Crippen LogP contribution in [-0.4, -0.2) is 24.6 Å². The maximum absolute atomic E-state index is 13.1. The topological polar surface area (TPSA) is 40.5 Å². The fraction of sp³-hybridized carbons (Fsp3) is 0.190. The minimum absolute atomic E-state index is 0.0424. The van der Waals surface area contributed by atoms with Crippen molar-refractivity contribution in [1.29, 1.82) is 0 Å². The number of ether oxygens (including phenoxy) is 2. The highest BCUT2D eigenvalue weighted by Crippen LogP contribution is 2.40. The molecule has 0 radical (unpaired) electrons. The van der Waals surface area contributed by atoms with Crippen LogP contribution in [0.1, 0.15) is 34.0 Å². The molecule has 0 amide bonds. The number of hydrogen-bond acceptors (Lipinski definition) is 3. The van der Waals surface area contributed by atoms with Crippen molar-refractivity contribution in [3.8, 4) is 17.2 Å². The van der Waals surface area contributed by atoms with Gasteiger partial charge in [0.15, 0.2) is 17.3 Å². The zero-order chi connectivity index (χ0) is 18.3. The molecule has 26 heavy (non-hydrogen) atoms. The van der Waals surface area contributed by atoms with E-state index in [9.17, 15) is 4.79 Å². The Morgan fingerprint density at radius 3 is 2.42 bits per heavy atom. The predicted molar refractivity (Wildman–Crippen MR) is 101 cm³/mol. The number of ketones is 1. The van der Waals surface area contributed by atoms with Crippen LogP contribution in [0.3, 0.4) is 0 Å². The molecule has 0 spiro atoms. The first-order valence-corrected chi connectivity index (χ1v) is 8.72. The van der Waals surface area contributed by atoms with Crippen molar-refractivity contribution in [2.75, 3.05) is 14.2 Å². The van der Waals surface area contributed by atoms with Gasteiger partial charge < -0.3 is 14.0 Å². The molecule has 1 aromatic heterocycles. The molecular formula is C21H18ClNO3. The number of nitrogens with zero attached hydrogens (tertiary/aromatic N) is 1. The normalized spacial score (nSPS) is 15.8. The molecule has 0 N–H and O–H groups in total. The van der Waals surface area contributed by atoms with Gasteiger partial charge >= 0.3 is 0 Å². The third-order valence-corrected chi connectivity index (χ3v) is 5.11. The van der Waals surface area contributed by atoms with Crippen molar-refractivity contribution in [3.05, 3.63) is 76.6 Å². The number of rotatable bonds is 3. The second kappa shape index (κ2) is 6.54. The number of methoxy groups -OCH3 is 2. The molecule has 0 saturated heterocycles. The van der Waals surface area contributed by atoms with Crippen LogP contribution in [0.15, 0.2) is 54.7 Å². The molecule has 3 aromatic rings. The Morgan fingerprint density at radius 2 is 1.73 bits per heavy atom. The van der Waals surface area contributed by atoms with Gasteiger partial charge in [-0.05, 0) is 35.9 Å². The van der Waals surface area contributed by atoms with Crippen molar-refractivity contribution >= 4 is 17.4 Å². The lowest BCUT2D eigenvalue weighted by Gasteiger charge is -2.17. The second-order valence-electron chi connectivity index (χ2n) is 6.26. The van der Waals surface area contributed by atoms with Gasteiger partial charge in [0.05, 0.1) is 19.9 Å². The molecule has 0 saturated carbocycles. The largest absolute Gasteiger partial charge is 0.493 e. The van der Waals surface area contributed by atoms with Crippen LogP contribution in [0, 0.1) is 0 Å². The first-order valence-electron chi connectivity index (χ1n) is 8.34. The van der Waals surface area contributed by atoms with Crippen LogP contribution in [0.25, 0.3) is 5.69 Å². The smallest absolute Gasteiger partial charge is 0.166 e. The molecule has 0 aliphatic carbocycles. The zero-order valence-electron chi connectivity index (χ0n) is 14.5. The van der Waals surface area contributed by atoms with Crippen LogP contribution < -0.4 is 9.47 Å². The molecule has 132 valence electrons. The maximum atomic E-state index is 13.1. The third kappa shape index (κ3) is 2.67.